The van der Waals surface area contributed by atoms with Crippen molar-refractivity contribution in [3.05, 3.63) is 58.7 Å². The predicted molar refractivity (Wildman–Crippen MR) is 117 cm³/mol. The third kappa shape index (κ3) is 5.28. The quantitative estimate of drug-likeness (QED) is 0.501. The summed E-state index contributed by atoms with van der Waals surface area (Å²) < 4.78 is 15.7. The minimum atomic E-state index is -0.567. The first-order valence-electron chi connectivity index (χ1n) is 11.0. The molecular weight excluding hydrogens is 410 g/mol. The number of carbonyl (C=O) groups is 3. The summed E-state index contributed by atoms with van der Waals surface area (Å²) in [7, 11) is 0. The molecule has 0 saturated heterocycles. The first kappa shape index (κ1) is 21.9. The van der Waals surface area contributed by atoms with Gasteiger partial charge in [0.1, 0.15) is 0 Å². The van der Waals surface area contributed by atoms with Crippen LogP contribution in [0.4, 0.5) is 0 Å². The van der Waals surface area contributed by atoms with Gasteiger partial charge in [-0.3, -0.25) is 14.4 Å². The highest BCUT2D eigenvalue weighted by Gasteiger charge is 2.18. The third-order valence-corrected chi connectivity index (χ3v) is 5.87. The third-order valence-electron chi connectivity index (χ3n) is 5.87. The molecule has 0 radical (unpaired) electrons. The molecule has 1 heterocycles. The number of fused-ring (bicyclic) bond motifs is 2. The van der Waals surface area contributed by atoms with Crippen LogP contribution in [0.3, 0.4) is 0 Å². The molecule has 4 rings (SSSR count). The smallest absolute Gasteiger partial charge is 0.306 e. The standard InChI is InChI=1S/C25H27NO6/c1-16(18-8-10-22-23(13-18)32-15-31-22)26-24(28)14-30-25(29)11-9-21(27)20-7-6-17-4-2-3-5-19(17)12-20/h6-8,10,12-13,16H,2-5,9,11,14-15H2,1H3,(H,26,28)/t16-/m1/s1. The molecule has 1 N–H and O–H groups in total. The van der Waals surface area contributed by atoms with Crippen LogP contribution in [0.1, 0.15) is 65.7 Å². The van der Waals surface area contributed by atoms with E-state index in [9.17, 15) is 14.4 Å². The number of carbonyl (C=O) groups excluding carboxylic acids is 3. The zero-order chi connectivity index (χ0) is 22.5. The lowest BCUT2D eigenvalue weighted by Gasteiger charge is -2.16. The molecule has 168 valence electrons. The molecule has 0 saturated carbocycles. The lowest BCUT2D eigenvalue weighted by atomic mass is 9.89. The molecule has 1 atom stereocenters. The Morgan fingerprint density at radius 1 is 0.969 bits per heavy atom. The predicted octanol–water partition coefficient (Wildman–Crippen LogP) is 3.68. The molecule has 32 heavy (non-hydrogen) atoms. The number of hydrogen-bond acceptors (Lipinski definition) is 6. The van der Waals surface area contributed by atoms with Gasteiger partial charge in [0, 0.05) is 12.0 Å². The van der Waals surface area contributed by atoms with E-state index >= 15 is 0 Å². The summed E-state index contributed by atoms with van der Waals surface area (Å²) in [5, 5.41) is 2.78. The molecule has 1 aliphatic heterocycles. The van der Waals surface area contributed by atoms with E-state index in [0.29, 0.717) is 17.1 Å². The maximum Gasteiger partial charge on any atom is 0.306 e. The molecule has 7 nitrogen and oxygen atoms in total. The molecule has 0 aromatic heterocycles. The molecule has 1 aliphatic carbocycles. The Bertz CT molecular complexity index is 1030. The maximum atomic E-state index is 12.4. The number of nitrogens with one attached hydrogen (secondary N) is 1. The topological polar surface area (TPSA) is 90.9 Å². The fourth-order valence-corrected chi connectivity index (χ4v) is 4.03. The zero-order valence-corrected chi connectivity index (χ0v) is 18.1. The summed E-state index contributed by atoms with van der Waals surface area (Å²) in [6.45, 7) is 1.62. The van der Waals surface area contributed by atoms with Crippen LogP contribution in [0.2, 0.25) is 0 Å². The molecule has 1 amide bonds. The Balaban J connectivity index is 1.20. The van der Waals surface area contributed by atoms with E-state index in [2.05, 4.69) is 5.32 Å². The molecule has 7 heteroatoms. The minimum Gasteiger partial charge on any atom is -0.456 e. The fourth-order valence-electron chi connectivity index (χ4n) is 4.03. The van der Waals surface area contributed by atoms with Crippen LogP contribution in [-0.2, 0) is 27.2 Å². The number of ether oxygens (including phenoxy) is 3. The SMILES string of the molecule is C[C@@H](NC(=O)COC(=O)CCC(=O)c1ccc2c(c1)CCCC2)c1ccc2c(c1)OCO2. The van der Waals surface area contributed by atoms with Crippen molar-refractivity contribution in [2.75, 3.05) is 13.4 Å². The Morgan fingerprint density at radius 2 is 1.75 bits per heavy atom. The van der Waals surface area contributed by atoms with Crippen molar-refractivity contribution >= 4 is 17.7 Å². The molecule has 0 bridgehead atoms. The summed E-state index contributed by atoms with van der Waals surface area (Å²) >= 11 is 0. The summed E-state index contributed by atoms with van der Waals surface area (Å²) in [4.78, 5) is 36.6. The van der Waals surface area contributed by atoms with E-state index in [4.69, 9.17) is 14.2 Å². The monoisotopic (exact) mass is 437 g/mol. The van der Waals surface area contributed by atoms with Crippen LogP contribution in [0, 0.1) is 0 Å². The lowest BCUT2D eigenvalue weighted by molar-refractivity contribution is -0.148. The molecule has 2 aromatic carbocycles. The van der Waals surface area contributed by atoms with Crippen molar-refractivity contribution in [2.24, 2.45) is 0 Å². The van der Waals surface area contributed by atoms with Gasteiger partial charge in [-0.15, -0.1) is 0 Å². The van der Waals surface area contributed by atoms with E-state index < -0.39 is 11.9 Å². The number of esters is 1. The van der Waals surface area contributed by atoms with E-state index in [-0.39, 0.29) is 38.1 Å². The van der Waals surface area contributed by atoms with Gasteiger partial charge < -0.3 is 19.5 Å². The second-order valence-corrected chi connectivity index (χ2v) is 8.18. The van der Waals surface area contributed by atoms with Crippen LogP contribution >= 0.6 is 0 Å². The van der Waals surface area contributed by atoms with E-state index in [1.54, 1.807) is 6.07 Å². The van der Waals surface area contributed by atoms with E-state index in [0.717, 1.165) is 24.8 Å². The Kier molecular flexibility index (Phi) is 6.73. The first-order valence-corrected chi connectivity index (χ1v) is 11.0. The largest absolute Gasteiger partial charge is 0.456 e. The number of amides is 1. The lowest BCUT2D eigenvalue weighted by Crippen LogP contribution is -2.31. The minimum absolute atomic E-state index is 0.0547. The highest BCUT2D eigenvalue weighted by atomic mass is 16.7. The fraction of sp³-hybridized carbons (Fsp3) is 0.400. The average Bonchev–Trinajstić information content (AvgIpc) is 3.28. The van der Waals surface area contributed by atoms with Crippen molar-refractivity contribution in [1.82, 2.24) is 5.32 Å². The summed E-state index contributed by atoms with van der Waals surface area (Å²) in [6.07, 6.45) is 4.40. The van der Waals surface area contributed by atoms with Gasteiger partial charge in [-0.2, -0.15) is 0 Å². The van der Waals surface area contributed by atoms with Crippen molar-refractivity contribution < 1.29 is 28.6 Å². The summed E-state index contributed by atoms with van der Waals surface area (Å²) in [6, 6.07) is 11.0. The van der Waals surface area contributed by atoms with Gasteiger partial charge in [0.05, 0.1) is 12.5 Å². The highest BCUT2D eigenvalue weighted by molar-refractivity contribution is 5.97. The number of aryl methyl sites for hydroxylation is 2. The molecule has 2 aromatic rings. The Labute approximate surface area is 187 Å². The maximum absolute atomic E-state index is 12.4. The number of ketones is 1. The molecular formula is C25H27NO6. The van der Waals surface area contributed by atoms with Crippen LogP contribution in [0.15, 0.2) is 36.4 Å². The van der Waals surface area contributed by atoms with E-state index in [1.165, 1.54) is 17.5 Å². The van der Waals surface area contributed by atoms with Gasteiger partial charge in [-0.1, -0.05) is 18.2 Å². The average molecular weight is 437 g/mol. The second-order valence-electron chi connectivity index (χ2n) is 8.18. The van der Waals surface area contributed by atoms with Gasteiger partial charge in [-0.05, 0) is 67.5 Å². The normalized spacial score (nSPS) is 14.9. The van der Waals surface area contributed by atoms with Crippen molar-refractivity contribution in [3.8, 4) is 11.5 Å². The zero-order valence-electron chi connectivity index (χ0n) is 18.1. The molecule has 2 aliphatic rings. The molecule has 0 fully saturated rings. The number of benzene rings is 2. The van der Waals surface area contributed by atoms with Crippen LogP contribution in [0.5, 0.6) is 11.5 Å². The van der Waals surface area contributed by atoms with Crippen LogP contribution in [-0.4, -0.2) is 31.1 Å². The van der Waals surface area contributed by atoms with Gasteiger partial charge in [-0.25, -0.2) is 0 Å². The van der Waals surface area contributed by atoms with E-state index in [1.807, 2.05) is 37.3 Å². The molecule has 0 spiro atoms. The Hall–Kier alpha value is -3.35. The number of rotatable bonds is 8. The van der Waals surface area contributed by atoms with Crippen molar-refractivity contribution in [1.29, 1.82) is 0 Å². The van der Waals surface area contributed by atoms with Gasteiger partial charge >= 0.3 is 5.97 Å². The van der Waals surface area contributed by atoms with Gasteiger partial charge in [0.2, 0.25) is 6.79 Å². The van der Waals surface area contributed by atoms with Gasteiger partial charge in [0.25, 0.3) is 5.91 Å². The number of Topliss-reactive ketones (excluding diaryl/α,β-unsaturated/α-hetero) is 1. The van der Waals surface area contributed by atoms with Crippen molar-refractivity contribution in [2.45, 2.75) is 51.5 Å². The van der Waals surface area contributed by atoms with Crippen LogP contribution < -0.4 is 14.8 Å². The summed E-state index contributed by atoms with van der Waals surface area (Å²) in [5.41, 5.74) is 4.03. The first-order chi connectivity index (χ1) is 15.5. The highest BCUT2D eigenvalue weighted by Crippen LogP contribution is 2.34. The number of hydrogen-bond donors (Lipinski definition) is 1. The molecule has 0 unspecified atom stereocenters. The van der Waals surface area contributed by atoms with Crippen LogP contribution in [0.25, 0.3) is 0 Å². The second kappa shape index (κ2) is 9.85. The summed E-state index contributed by atoms with van der Waals surface area (Å²) in [5.74, 6) is 0.243. The van der Waals surface area contributed by atoms with Crippen molar-refractivity contribution in [3.63, 3.8) is 0 Å². The van der Waals surface area contributed by atoms with Gasteiger partial charge in [0.15, 0.2) is 23.9 Å². The Morgan fingerprint density at radius 3 is 2.59 bits per heavy atom.